The zero-order valence-electron chi connectivity index (χ0n) is 15.7. The summed E-state index contributed by atoms with van der Waals surface area (Å²) in [6.45, 7) is 7.22. The molecule has 7 heteroatoms. The van der Waals surface area contributed by atoms with E-state index in [1.54, 1.807) is 12.1 Å². The Labute approximate surface area is 155 Å². The van der Waals surface area contributed by atoms with Gasteiger partial charge >= 0.3 is 0 Å². The van der Waals surface area contributed by atoms with Crippen molar-refractivity contribution < 1.29 is 9.72 Å². The smallest absolute Gasteiger partial charge is 0.292 e. The Balaban J connectivity index is 1.66. The molecule has 144 valence electrons. The molecule has 2 unspecified atom stereocenters. The van der Waals surface area contributed by atoms with Crippen molar-refractivity contribution in [3.05, 3.63) is 33.9 Å². The Kier molecular flexibility index (Phi) is 7.84. The average molecular weight is 362 g/mol. The minimum absolute atomic E-state index is 0.0870. The summed E-state index contributed by atoms with van der Waals surface area (Å²) >= 11 is 0. The third-order valence-electron chi connectivity index (χ3n) is 4.99. The third kappa shape index (κ3) is 6.29. The van der Waals surface area contributed by atoms with E-state index in [9.17, 15) is 14.9 Å². The number of piperidine rings is 1. The number of rotatable bonds is 9. The molecule has 2 rings (SSSR count). The molecule has 0 aliphatic carbocycles. The van der Waals surface area contributed by atoms with E-state index in [4.69, 9.17) is 0 Å². The van der Waals surface area contributed by atoms with Crippen LogP contribution in [0.25, 0.3) is 0 Å². The summed E-state index contributed by atoms with van der Waals surface area (Å²) in [5.41, 5.74) is 1.46. The number of anilines is 1. The molecule has 1 aromatic rings. The second-order valence-corrected chi connectivity index (χ2v) is 7.20. The minimum atomic E-state index is -0.376. The summed E-state index contributed by atoms with van der Waals surface area (Å²) in [5.74, 6) is 1.05. The summed E-state index contributed by atoms with van der Waals surface area (Å²) in [6, 6.07) is 5.14. The van der Waals surface area contributed by atoms with Crippen LogP contribution in [-0.4, -0.2) is 37.0 Å². The molecule has 3 N–H and O–H groups in total. The van der Waals surface area contributed by atoms with Gasteiger partial charge in [0.25, 0.3) is 5.69 Å². The summed E-state index contributed by atoms with van der Waals surface area (Å²) in [6.07, 6.45) is 3.66. The normalized spacial score (nSPS) is 18.2. The van der Waals surface area contributed by atoms with E-state index in [0.29, 0.717) is 37.0 Å². The van der Waals surface area contributed by atoms with Crippen LogP contribution in [0, 0.1) is 28.9 Å². The quantitative estimate of drug-likeness (QED) is 0.357. The summed E-state index contributed by atoms with van der Waals surface area (Å²) in [5, 5.41) is 20.5. The number of carbonyl (C=O) groups excluding carboxylic acids is 1. The van der Waals surface area contributed by atoms with Crippen LogP contribution in [0.15, 0.2) is 18.2 Å². The fourth-order valence-electron chi connectivity index (χ4n) is 3.38. The Morgan fingerprint density at radius 1 is 1.42 bits per heavy atom. The SMILES string of the molecule is Cc1ccc(NCCCNC(=O)CC(C)C2CCCNC2)c([N+](=O)[O-])c1. The van der Waals surface area contributed by atoms with E-state index in [0.717, 1.165) is 25.1 Å². The van der Waals surface area contributed by atoms with Crippen molar-refractivity contribution in [2.24, 2.45) is 11.8 Å². The first-order valence-electron chi connectivity index (χ1n) is 9.43. The maximum atomic E-state index is 12.1. The number of hydrogen-bond acceptors (Lipinski definition) is 5. The Morgan fingerprint density at radius 3 is 2.92 bits per heavy atom. The van der Waals surface area contributed by atoms with Gasteiger partial charge in [-0.15, -0.1) is 0 Å². The van der Waals surface area contributed by atoms with Crippen molar-refractivity contribution in [1.82, 2.24) is 10.6 Å². The minimum Gasteiger partial charge on any atom is -0.379 e. The van der Waals surface area contributed by atoms with Gasteiger partial charge in [-0.1, -0.05) is 13.0 Å². The van der Waals surface area contributed by atoms with Gasteiger partial charge in [0.2, 0.25) is 5.91 Å². The summed E-state index contributed by atoms with van der Waals surface area (Å²) in [4.78, 5) is 22.8. The Hall–Kier alpha value is -2.15. The maximum Gasteiger partial charge on any atom is 0.292 e. The van der Waals surface area contributed by atoms with Crippen LogP contribution < -0.4 is 16.0 Å². The standard InChI is InChI=1S/C19H30N4O3/c1-14-6-7-17(18(11-14)23(25)26)21-9-4-10-22-19(24)12-15(2)16-5-3-8-20-13-16/h6-7,11,15-16,20-21H,3-5,8-10,12-13H2,1-2H3,(H,22,24). The molecule has 2 atom stereocenters. The second kappa shape index (κ2) is 10.1. The summed E-state index contributed by atoms with van der Waals surface area (Å²) in [7, 11) is 0. The number of nitro benzene ring substituents is 1. The van der Waals surface area contributed by atoms with Gasteiger partial charge < -0.3 is 16.0 Å². The highest BCUT2D eigenvalue weighted by Crippen LogP contribution is 2.25. The molecule has 0 saturated carbocycles. The lowest BCUT2D eigenvalue weighted by molar-refractivity contribution is -0.384. The summed E-state index contributed by atoms with van der Waals surface area (Å²) < 4.78 is 0. The Bertz CT molecular complexity index is 615. The zero-order chi connectivity index (χ0) is 18.9. The van der Waals surface area contributed by atoms with Crippen LogP contribution >= 0.6 is 0 Å². The lowest BCUT2D eigenvalue weighted by Crippen LogP contribution is -2.35. The molecule has 0 bridgehead atoms. The average Bonchev–Trinajstić information content (AvgIpc) is 2.63. The van der Waals surface area contributed by atoms with Crippen LogP contribution in [0.2, 0.25) is 0 Å². The van der Waals surface area contributed by atoms with E-state index in [1.807, 2.05) is 13.0 Å². The lowest BCUT2D eigenvalue weighted by Gasteiger charge is -2.28. The van der Waals surface area contributed by atoms with Crippen molar-refractivity contribution in [3.8, 4) is 0 Å². The number of amides is 1. The predicted octanol–water partition coefficient (Wildman–Crippen LogP) is 2.85. The first-order valence-corrected chi connectivity index (χ1v) is 9.43. The number of nitro groups is 1. The fourth-order valence-corrected chi connectivity index (χ4v) is 3.38. The molecule has 0 aromatic heterocycles. The number of nitrogens with zero attached hydrogens (tertiary/aromatic N) is 1. The van der Waals surface area contributed by atoms with E-state index >= 15 is 0 Å². The molecule has 1 saturated heterocycles. The number of nitrogens with one attached hydrogen (secondary N) is 3. The third-order valence-corrected chi connectivity index (χ3v) is 4.99. The van der Waals surface area contributed by atoms with E-state index in [-0.39, 0.29) is 16.5 Å². The molecule has 1 aromatic carbocycles. The maximum absolute atomic E-state index is 12.1. The number of hydrogen-bond donors (Lipinski definition) is 3. The van der Waals surface area contributed by atoms with Crippen LogP contribution in [0.3, 0.4) is 0 Å². The van der Waals surface area contributed by atoms with Gasteiger partial charge in [0, 0.05) is 25.6 Å². The van der Waals surface area contributed by atoms with Gasteiger partial charge in [0.15, 0.2) is 0 Å². The second-order valence-electron chi connectivity index (χ2n) is 7.20. The van der Waals surface area contributed by atoms with Gasteiger partial charge in [-0.05, 0) is 62.7 Å². The monoisotopic (exact) mass is 362 g/mol. The Morgan fingerprint density at radius 2 is 2.23 bits per heavy atom. The number of aryl methyl sites for hydroxylation is 1. The molecule has 0 spiro atoms. The van der Waals surface area contributed by atoms with E-state index in [2.05, 4.69) is 22.9 Å². The fraction of sp³-hybridized carbons (Fsp3) is 0.632. The van der Waals surface area contributed by atoms with Crippen LogP contribution in [0.4, 0.5) is 11.4 Å². The molecule has 1 aliphatic rings. The van der Waals surface area contributed by atoms with Gasteiger partial charge in [-0.2, -0.15) is 0 Å². The van der Waals surface area contributed by atoms with Gasteiger partial charge in [-0.25, -0.2) is 0 Å². The van der Waals surface area contributed by atoms with Crippen molar-refractivity contribution in [1.29, 1.82) is 0 Å². The first-order chi connectivity index (χ1) is 12.5. The van der Waals surface area contributed by atoms with E-state index in [1.165, 1.54) is 12.8 Å². The number of benzene rings is 1. The number of carbonyl (C=O) groups is 1. The molecule has 0 radical (unpaired) electrons. The zero-order valence-corrected chi connectivity index (χ0v) is 15.7. The first kappa shape index (κ1) is 20.2. The lowest BCUT2D eigenvalue weighted by atomic mass is 9.85. The topological polar surface area (TPSA) is 96.3 Å². The van der Waals surface area contributed by atoms with E-state index < -0.39 is 0 Å². The molecule has 26 heavy (non-hydrogen) atoms. The van der Waals surface area contributed by atoms with Gasteiger partial charge in [-0.3, -0.25) is 14.9 Å². The van der Waals surface area contributed by atoms with Crippen LogP contribution in [0.5, 0.6) is 0 Å². The molecule has 1 amide bonds. The van der Waals surface area contributed by atoms with Crippen molar-refractivity contribution in [2.75, 3.05) is 31.5 Å². The molecule has 7 nitrogen and oxygen atoms in total. The van der Waals surface area contributed by atoms with Gasteiger partial charge in [0.05, 0.1) is 4.92 Å². The highest BCUT2D eigenvalue weighted by molar-refractivity contribution is 5.76. The molecule has 1 fully saturated rings. The highest BCUT2D eigenvalue weighted by atomic mass is 16.6. The van der Waals surface area contributed by atoms with Gasteiger partial charge in [0.1, 0.15) is 5.69 Å². The van der Waals surface area contributed by atoms with Crippen LogP contribution in [-0.2, 0) is 4.79 Å². The highest BCUT2D eigenvalue weighted by Gasteiger charge is 2.21. The van der Waals surface area contributed by atoms with Crippen LogP contribution in [0.1, 0.15) is 38.2 Å². The molecular weight excluding hydrogens is 332 g/mol. The largest absolute Gasteiger partial charge is 0.379 e. The van der Waals surface area contributed by atoms with Crippen molar-refractivity contribution >= 4 is 17.3 Å². The molecular formula is C19H30N4O3. The van der Waals surface area contributed by atoms with Crippen molar-refractivity contribution in [3.63, 3.8) is 0 Å². The molecule has 1 aliphatic heterocycles. The predicted molar refractivity (Wildman–Crippen MR) is 103 cm³/mol. The molecule has 1 heterocycles. The van der Waals surface area contributed by atoms with Crippen molar-refractivity contribution in [2.45, 2.75) is 39.5 Å².